The van der Waals surface area contributed by atoms with Gasteiger partial charge in [0.05, 0.1) is 16.5 Å². The quantitative estimate of drug-likeness (QED) is 0.145. The van der Waals surface area contributed by atoms with Crippen LogP contribution >= 0.6 is 0 Å². The van der Waals surface area contributed by atoms with Crippen LogP contribution in [0.4, 0.5) is 11.4 Å². The van der Waals surface area contributed by atoms with Crippen molar-refractivity contribution in [1.82, 2.24) is 0 Å². The second-order valence-electron chi connectivity index (χ2n) is 18.7. The van der Waals surface area contributed by atoms with Crippen LogP contribution in [0, 0.1) is 0 Å². The molecule has 0 amide bonds. The zero-order chi connectivity index (χ0) is 44.2. The molecule has 0 aromatic heterocycles. The first-order valence-electron chi connectivity index (χ1n) is 23.2. The molecule has 0 saturated carbocycles. The Hall–Kier alpha value is -8.00. The first kappa shape index (κ1) is 38.5. The van der Waals surface area contributed by atoms with Crippen molar-refractivity contribution in [2.24, 2.45) is 0 Å². The molecule has 4 aliphatic rings. The third kappa shape index (κ3) is 4.95. The summed E-state index contributed by atoms with van der Waals surface area (Å²) in [5, 5.41) is 0. The number of hydrogen-bond acceptors (Lipinski definition) is 1. The molecule has 0 heterocycles. The van der Waals surface area contributed by atoms with Crippen molar-refractivity contribution in [3.05, 3.63) is 305 Å². The van der Waals surface area contributed by atoms with Gasteiger partial charge in [-0.05, 0) is 113 Å². The average Bonchev–Trinajstić information content (AvgIpc) is 4.02. The molecule has 9 aromatic carbocycles. The van der Waals surface area contributed by atoms with Gasteiger partial charge < -0.3 is 4.90 Å². The predicted octanol–water partition coefficient (Wildman–Crippen LogP) is 16.0. The molecule has 4 aliphatic carbocycles. The third-order valence-electron chi connectivity index (χ3n) is 15.3. The van der Waals surface area contributed by atoms with E-state index in [1.807, 2.05) is 6.08 Å². The first-order chi connectivity index (χ1) is 32.5. The summed E-state index contributed by atoms with van der Waals surface area (Å²) < 4.78 is 0. The topological polar surface area (TPSA) is 3.24 Å². The van der Waals surface area contributed by atoms with Gasteiger partial charge in [0.15, 0.2) is 0 Å². The van der Waals surface area contributed by atoms with Gasteiger partial charge in [0.2, 0.25) is 0 Å². The Balaban J connectivity index is 1.18. The number of fused-ring (bicyclic) bond motifs is 13. The van der Waals surface area contributed by atoms with E-state index in [9.17, 15) is 0 Å². The Kier molecular flexibility index (Phi) is 8.30. The van der Waals surface area contributed by atoms with Gasteiger partial charge >= 0.3 is 0 Å². The number of allylic oxidation sites excluding steroid dienone is 5. The molecule has 1 nitrogen and oxygen atoms in total. The van der Waals surface area contributed by atoms with Gasteiger partial charge in [0, 0.05) is 22.4 Å². The summed E-state index contributed by atoms with van der Waals surface area (Å²) in [4.78, 5) is 2.64. The van der Waals surface area contributed by atoms with E-state index in [1.165, 1.54) is 100 Å². The van der Waals surface area contributed by atoms with E-state index < -0.39 is 10.8 Å². The Bertz CT molecular complexity index is 3440. The molecule has 66 heavy (non-hydrogen) atoms. The van der Waals surface area contributed by atoms with Crippen LogP contribution < -0.4 is 4.90 Å². The number of hydrogen-bond donors (Lipinski definition) is 0. The molecule has 1 heteroatoms. The lowest BCUT2D eigenvalue weighted by Gasteiger charge is -2.40. The molecule has 0 bridgehead atoms. The van der Waals surface area contributed by atoms with Crippen LogP contribution in [-0.4, -0.2) is 0 Å². The van der Waals surface area contributed by atoms with Gasteiger partial charge in [0.25, 0.3) is 0 Å². The summed E-state index contributed by atoms with van der Waals surface area (Å²) in [5.41, 5.74) is 23.8. The van der Waals surface area contributed by atoms with Crippen LogP contribution in [0.5, 0.6) is 0 Å². The predicted molar refractivity (Wildman–Crippen MR) is 274 cm³/mol. The van der Waals surface area contributed by atoms with E-state index in [1.54, 1.807) is 0 Å². The van der Waals surface area contributed by atoms with Crippen molar-refractivity contribution < 1.29 is 0 Å². The van der Waals surface area contributed by atoms with E-state index in [4.69, 9.17) is 0 Å². The fourth-order valence-electron chi connectivity index (χ4n) is 12.7. The molecule has 0 saturated heterocycles. The van der Waals surface area contributed by atoms with Crippen LogP contribution in [0.2, 0.25) is 0 Å². The van der Waals surface area contributed by atoms with E-state index in [-0.39, 0.29) is 5.41 Å². The summed E-state index contributed by atoms with van der Waals surface area (Å²) >= 11 is 0. The second kappa shape index (κ2) is 14.3. The monoisotopic (exact) mass is 841 g/mol. The fraction of sp³-hybridized carbons (Fsp3) is 0.0769. The maximum absolute atomic E-state index is 4.21. The van der Waals surface area contributed by atoms with Gasteiger partial charge in [-0.3, -0.25) is 0 Å². The first-order valence-corrected chi connectivity index (χ1v) is 23.2. The number of anilines is 2. The largest absolute Gasteiger partial charge is 0.312 e. The van der Waals surface area contributed by atoms with Crippen LogP contribution in [0.3, 0.4) is 0 Å². The molecule has 13 rings (SSSR count). The molecule has 0 radical (unpaired) electrons. The van der Waals surface area contributed by atoms with Crippen molar-refractivity contribution in [3.8, 4) is 33.4 Å². The Morgan fingerprint density at radius 1 is 0.364 bits per heavy atom. The average molecular weight is 842 g/mol. The molecule has 0 atom stereocenters. The number of rotatable bonds is 7. The minimum Gasteiger partial charge on any atom is -0.312 e. The summed E-state index contributed by atoms with van der Waals surface area (Å²) in [7, 11) is 0. The minimum atomic E-state index is -0.653. The van der Waals surface area contributed by atoms with Crippen molar-refractivity contribution in [2.75, 3.05) is 4.90 Å². The molecular formula is C65H47N. The van der Waals surface area contributed by atoms with Crippen molar-refractivity contribution >= 4 is 16.9 Å². The fourth-order valence-corrected chi connectivity index (χ4v) is 12.7. The van der Waals surface area contributed by atoms with Crippen molar-refractivity contribution in [2.45, 2.75) is 30.1 Å². The highest BCUT2D eigenvalue weighted by atomic mass is 15.2. The van der Waals surface area contributed by atoms with Crippen molar-refractivity contribution in [3.63, 3.8) is 0 Å². The van der Waals surface area contributed by atoms with Gasteiger partial charge in [-0.2, -0.15) is 0 Å². The molecule has 0 N–H and O–H groups in total. The molecular weight excluding hydrogens is 795 g/mol. The molecule has 1 spiro atoms. The van der Waals surface area contributed by atoms with Gasteiger partial charge in [-0.1, -0.05) is 233 Å². The Labute approximate surface area is 388 Å². The van der Waals surface area contributed by atoms with Crippen LogP contribution in [0.1, 0.15) is 69.5 Å². The molecule has 9 aromatic rings. The van der Waals surface area contributed by atoms with E-state index >= 15 is 0 Å². The lowest BCUT2D eigenvalue weighted by molar-refractivity contribution is 0.660. The van der Waals surface area contributed by atoms with Gasteiger partial charge in [-0.25, -0.2) is 0 Å². The van der Waals surface area contributed by atoms with Crippen LogP contribution in [-0.2, 0) is 16.2 Å². The smallest absolute Gasteiger partial charge is 0.0881 e. The number of benzene rings is 9. The Morgan fingerprint density at radius 2 is 0.742 bits per heavy atom. The van der Waals surface area contributed by atoms with Gasteiger partial charge in [-0.15, -0.1) is 0 Å². The Morgan fingerprint density at radius 3 is 1.26 bits per heavy atom. The molecule has 0 unspecified atom stereocenters. The van der Waals surface area contributed by atoms with Gasteiger partial charge in [0.1, 0.15) is 0 Å². The SMILES string of the molecule is C=C/C=C\C1=C(N(c2ccc3c(c2)C(C)(C)c2ccccc2-3)c2ccc3c(c2)C(c2ccccc2)(c2ccccc2)c2ccccc2-3)C2(c3ccccc31)c1ccccc1-c1ccccc12. The van der Waals surface area contributed by atoms with E-state index in [2.05, 4.69) is 256 Å². The minimum absolute atomic E-state index is 0.203. The highest BCUT2D eigenvalue weighted by Crippen LogP contribution is 2.65. The number of nitrogens with zero attached hydrogens (tertiary/aromatic N) is 1. The maximum Gasteiger partial charge on any atom is 0.0881 e. The normalized spacial score (nSPS) is 15.7. The summed E-state index contributed by atoms with van der Waals surface area (Å²) in [5.74, 6) is 0. The lowest BCUT2D eigenvalue weighted by Crippen LogP contribution is -2.36. The standard InChI is InChI=1S/C65H47N/c1-4-5-26-54-51-31-16-21-36-59(51)65(57-34-19-14-28-48(57)49-29-15-20-35-58(49)65)62(54)66(45-37-39-52-47-27-12-17-32-55(47)63(2,3)60(52)41-45)46-38-40-53-50-30-13-18-33-56(50)64(61(53)42-46,43-22-8-6-9-23-43)44-24-10-7-11-25-44/h4-42H,1H2,2-3H3/b26-5-. The van der Waals surface area contributed by atoms with Crippen LogP contribution in [0.25, 0.3) is 39.0 Å². The molecule has 0 aliphatic heterocycles. The molecule has 0 fully saturated rings. The maximum atomic E-state index is 4.21. The lowest BCUT2D eigenvalue weighted by atomic mass is 9.67. The highest BCUT2D eigenvalue weighted by molar-refractivity contribution is 6.01. The summed E-state index contributed by atoms with van der Waals surface area (Å²) in [6.07, 6.45) is 6.34. The molecule has 312 valence electrons. The zero-order valence-corrected chi connectivity index (χ0v) is 37.2. The van der Waals surface area contributed by atoms with Crippen LogP contribution in [0.15, 0.2) is 249 Å². The summed E-state index contributed by atoms with van der Waals surface area (Å²) in [6.45, 7) is 8.99. The van der Waals surface area contributed by atoms with Crippen molar-refractivity contribution in [1.29, 1.82) is 0 Å². The zero-order valence-electron chi connectivity index (χ0n) is 37.2. The summed E-state index contributed by atoms with van der Waals surface area (Å²) in [6, 6.07) is 82.3. The van der Waals surface area contributed by atoms with E-state index in [0.717, 1.165) is 11.4 Å². The third-order valence-corrected chi connectivity index (χ3v) is 15.3. The van der Waals surface area contributed by atoms with E-state index in [0.29, 0.717) is 0 Å². The second-order valence-corrected chi connectivity index (χ2v) is 18.7. The highest BCUT2D eigenvalue weighted by Gasteiger charge is 2.55.